The SMILES string of the molecule is O=C1CCC(C(=O)N2CCNCc3ccccc32)N1. The molecule has 1 unspecified atom stereocenters. The van der Waals surface area contributed by atoms with Crippen molar-refractivity contribution in [2.45, 2.75) is 25.4 Å². The third kappa shape index (κ3) is 2.33. The molecule has 0 bridgehead atoms. The summed E-state index contributed by atoms with van der Waals surface area (Å²) >= 11 is 0. The van der Waals surface area contributed by atoms with E-state index in [4.69, 9.17) is 0 Å². The zero-order chi connectivity index (χ0) is 13.2. The van der Waals surface area contributed by atoms with Gasteiger partial charge in [-0.15, -0.1) is 0 Å². The predicted molar refractivity (Wildman–Crippen MR) is 71.7 cm³/mol. The fourth-order valence-electron chi connectivity index (χ4n) is 2.67. The lowest BCUT2D eigenvalue weighted by Gasteiger charge is -2.25. The second kappa shape index (κ2) is 5.01. The minimum absolute atomic E-state index is 0.00185. The van der Waals surface area contributed by atoms with E-state index < -0.39 is 0 Å². The predicted octanol–water partition coefficient (Wildman–Crippen LogP) is 0.401. The summed E-state index contributed by atoms with van der Waals surface area (Å²) in [4.78, 5) is 25.6. The summed E-state index contributed by atoms with van der Waals surface area (Å²) in [6.07, 6.45) is 1.05. The van der Waals surface area contributed by atoms with E-state index in [0.29, 0.717) is 19.4 Å². The number of anilines is 1. The van der Waals surface area contributed by atoms with E-state index in [1.807, 2.05) is 24.3 Å². The zero-order valence-corrected chi connectivity index (χ0v) is 10.7. The molecule has 2 N–H and O–H groups in total. The minimum Gasteiger partial charge on any atom is -0.344 e. The maximum absolute atomic E-state index is 12.5. The smallest absolute Gasteiger partial charge is 0.249 e. The highest BCUT2D eigenvalue weighted by Crippen LogP contribution is 2.24. The van der Waals surface area contributed by atoms with E-state index in [1.165, 1.54) is 0 Å². The van der Waals surface area contributed by atoms with Crippen LogP contribution in [0.15, 0.2) is 24.3 Å². The number of hydrogen-bond acceptors (Lipinski definition) is 3. The number of nitrogens with one attached hydrogen (secondary N) is 2. The summed E-state index contributed by atoms with van der Waals surface area (Å²) in [5, 5.41) is 6.06. The molecule has 3 rings (SSSR count). The van der Waals surface area contributed by atoms with Gasteiger partial charge in [-0.3, -0.25) is 9.59 Å². The molecule has 0 radical (unpaired) electrons. The van der Waals surface area contributed by atoms with Gasteiger partial charge < -0.3 is 15.5 Å². The number of nitrogens with zero attached hydrogens (tertiary/aromatic N) is 1. The van der Waals surface area contributed by atoms with Crippen LogP contribution in [0.1, 0.15) is 18.4 Å². The number of hydrogen-bond donors (Lipinski definition) is 2. The van der Waals surface area contributed by atoms with Crippen molar-refractivity contribution in [1.29, 1.82) is 0 Å². The Morgan fingerprint density at radius 1 is 1.32 bits per heavy atom. The first-order valence-corrected chi connectivity index (χ1v) is 6.65. The largest absolute Gasteiger partial charge is 0.344 e. The molecule has 2 amide bonds. The molecular formula is C14H17N3O2. The molecule has 2 heterocycles. The van der Waals surface area contributed by atoms with E-state index in [2.05, 4.69) is 10.6 Å². The molecule has 0 saturated carbocycles. The Hall–Kier alpha value is -1.88. The highest BCUT2D eigenvalue weighted by Gasteiger charge is 2.32. The molecule has 1 fully saturated rings. The van der Waals surface area contributed by atoms with Gasteiger partial charge in [0, 0.05) is 31.7 Å². The molecule has 5 nitrogen and oxygen atoms in total. The van der Waals surface area contributed by atoms with Crippen molar-refractivity contribution in [1.82, 2.24) is 10.6 Å². The van der Waals surface area contributed by atoms with Crippen LogP contribution in [0.3, 0.4) is 0 Å². The fourth-order valence-corrected chi connectivity index (χ4v) is 2.67. The Morgan fingerprint density at radius 3 is 2.95 bits per heavy atom. The first-order valence-electron chi connectivity index (χ1n) is 6.65. The lowest BCUT2D eigenvalue weighted by molar-refractivity contribution is -0.124. The normalized spacial score (nSPS) is 22.6. The summed E-state index contributed by atoms with van der Waals surface area (Å²) in [5.74, 6) is -0.0263. The fraction of sp³-hybridized carbons (Fsp3) is 0.429. The van der Waals surface area contributed by atoms with E-state index in [1.54, 1.807) is 4.90 Å². The second-order valence-corrected chi connectivity index (χ2v) is 4.95. The van der Waals surface area contributed by atoms with Gasteiger partial charge in [0.2, 0.25) is 11.8 Å². The number of carbonyl (C=O) groups is 2. The maximum atomic E-state index is 12.5. The van der Waals surface area contributed by atoms with Gasteiger partial charge >= 0.3 is 0 Å². The molecule has 1 aromatic carbocycles. The molecule has 1 saturated heterocycles. The lowest BCUT2D eigenvalue weighted by Crippen LogP contribution is -2.46. The van der Waals surface area contributed by atoms with Crippen LogP contribution >= 0.6 is 0 Å². The molecule has 2 aliphatic heterocycles. The van der Waals surface area contributed by atoms with Crippen molar-refractivity contribution in [3.05, 3.63) is 29.8 Å². The summed E-state index contributed by atoms with van der Waals surface area (Å²) in [6.45, 7) is 2.18. The van der Waals surface area contributed by atoms with Crippen LogP contribution in [0.25, 0.3) is 0 Å². The number of para-hydroxylation sites is 1. The molecule has 0 aliphatic carbocycles. The van der Waals surface area contributed by atoms with E-state index >= 15 is 0 Å². The molecule has 1 atom stereocenters. The van der Waals surface area contributed by atoms with Crippen LogP contribution in [-0.4, -0.2) is 30.9 Å². The van der Waals surface area contributed by atoms with Gasteiger partial charge in [0.25, 0.3) is 0 Å². The van der Waals surface area contributed by atoms with Crippen LogP contribution in [0.5, 0.6) is 0 Å². The van der Waals surface area contributed by atoms with Crippen molar-refractivity contribution in [2.24, 2.45) is 0 Å². The van der Waals surface area contributed by atoms with Gasteiger partial charge in [0.05, 0.1) is 0 Å². The average Bonchev–Trinajstić information content (AvgIpc) is 2.74. The molecule has 0 spiro atoms. The van der Waals surface area contributed by atoms with Crippen molar-refractivity contribution in [3.63, 3.8) is 0 Å². The molecule has 0 aromatic heterocycles. The maximum Gasteiger partial charge on any atom is 0.249 e. The lowest BCUT2D eigenvalue weighted by atomic mass is 10.1. The van der Waals surface area contributed by atoms with Crippen LogP contribution in [0.4, 0.5) is 5.69 Å². The summed E-state index contributed by atoms with van der Waals surface area (Å²) in [7, 11) is 0. The van der Waals surface area contributed by atoms with E-state index in [9.17, 15) is 9.59 Å². The Bertz CT molecular complexity index is 515. The number of benzene rings is 1. The third-order valence-corrected chi connectivity index (χ3v) is 3.67. The second-order valence-electron chi connectivity index (χ2n) is 4.95. The summed E-state index contributed by atoms with van der Waals surface area (Å²) in [5.41, 5.74) is 2.08. The summed E-state index contributed by atoms with van der Waals surface area (Å²) in [6, 6.07) is 7.56. The van der Waals surface area contributed by atoms with Gasteiger partial charge in [0.15, 0.2) is 0 Å². The molecule has 1 aromatic rings. The molecule has 2 aliphatic rings. The van der Waals surface area contributed by atoms with Gasteiger partial charge in [-0.1, -0.05) is 18.2 Å². The zero-order valence-electron chi connectivity index (χ0n) is 10.7. The minimum atomic E-state index is -0.362. The van der Waals surface area contributed by atoms with Crippen molar-refractivity contribution in [3.8, 4) is 0 Å². The quantitative estimate of drug-likeness (QED) is 0.767. The molecule has 100 valence electrons. The van der Waals surface area contributed by atoms with Crippen molar-refractivity contribution in [2.75, 3.05) is 18.0 Å². The van der Waals surface area contributed by atoms with Crippen molar-refractivity contribution >= 4 is 17.5 Å². The third-order valence-electron chi connectivity index (χ3n) is 3.67. The van der Waals surface area contributed by atoms with Gasteiger partial charge in [-0.25, -0.2) is 0 Å². The van der Waals surface area contributed by atoms with Crippen LogP contribution in [0.2, 0.25) is 0 Å². The Morgan fingerprint density at radius 2 is 2.16 bits per heavy atom. The van der Waals surface area contributed by atoms with E-state index in [0.717, 1.165) is 24.3 Å². The number of rotatable bonds is 1. The first kappa shape index (κ1) is 12.2. The number of carbonyl (C=O) groups excluding carboxylic acids is 2. The molecule has 5 heteroatoms. The van der Waals surface area contributed by atoms with Gasteiger partial charge in [-0.2, -0.15) is 0 Å². The number of fused-ring (bicyclic) bond motifs is 1. The Kier molecular flexibility index (Phi) is 3.21. The first-order chi connectivity index (χ1) is 9.25. The Balaban J connectivity index is 1.87. The van der Waals surface area contributed by atoms with Gasteiger partial charge in [0.1, 0.15) is 6.04 Å². The van der Waals surface area contributed by atoms with Crippen LogP contribution < -0.4 is 15.5 Å². The van der Waals surface area contributed by atoms with Crippen molar-refractivity contribution < 1.29 is 9.59 Å². The van der Waals surface area contributed by atoms with E-state index in [-0.39, 0.29) is 17.9 Å². The Labute approximate surface area is 112 Å². The standard InChI is InChI=1S/C14H17N3O2/c18-13-6-5-11(16-13)14(19)17-8-7-15-9-10-3-1-2-4-12(10)17/h1-4,11,15H,5-9H2,(H,16,18). The average molecular weight is 259 g/mol. The number of amides is 2. The molecular weight excluding hydrogens is 242 g/mol. The monoisotopic (exact) mass is 259 g/mol. The highest BCUT2D eigenvalue weighted by atomic mass is 16.2. The summed E-state index contributed by atoms with van der Waals surface area (Å²) < 4.78 is 0. The van der Waals surface area contributed by atoms with Crippen LogP contribution in [0, 0.1) is 0 Å². The highest BCUT2D eigenvalue weighted by molar-refractivity contribution is 6.01. The van der Waals surface area contributed by atoms with Crippen LogP contribution in [-0.2, 0) is 16.1 Å². The van der Waals surface area contributed by atoms with Gasteiger partial charge in [-0.05, 0) is 18.1 Å². The topological polar surface area (TPSA) is 61.4 Å². The molecule has 19 heavy (non-hydrogen) atoms.